The van der Waals surface area contributed by atoms with Crippen molar-refractivity contribution in [2.75, 3.05) is 11.9 Å². The Morgan fingerprint density at radius 1 is 1.41 bits per heavy atom. The summed E-state index contributed by atoms with van der Waals surface area (Å²) in [4.78, 5) is 49.6. The topological polar surface area (TPSA) is 105 Å². The summed E-state index contributed by atoms with van der Waals surface area (Å²) in [5.41, 5.74) is -0.503. The number of rotatable bonds is 6. The molecule has 27 heavy (non-hydrogen) atoms. The Kier molecular flexibility index (Phi) is 5.10. The van der Waals surface area contributed by atoms with E-state index in [1.54, 1.807) is 31.2 Å². The summed E-state index contributed by atoms with van der Waals surface area (Å²) >= 11 is 5.85. The van der Waals surface area contributed by atoms with Crippen LogP contribution in [0.15, 0.2) is 24.3 Å². The van der Waals surface area contributed by atoms with Crippen molar-refractivity contribution < 1.29 is 23.9 Å². The number of hydrogen-bond acceptors (Lipinski definition) is 5. The number of nitrogens with one attached hydrogen (secondary N) is 2. The van der Waals surface area contributed by atoms with Crippen molar-refractivity contribution in [3.63, 3.8) is 0 Å². The summed E-state index contributed by atoms with van der Waals surface area (Å²) in [6.07, 6.45) is 0.621. The number of imide groups is 1. The third-order valence-electron chi connectivity index (χ3n) is 4.75. The van der Waals surface area contributed by atoms with Crippen molar-refractivity contribution >= 4 is 41.1 Å². The van der Waals surface area contributed by atoms with Crippen LogP contribution in [0.3, 0.4) is 0 Å². The Labute approximate surface area is 161 Å². The van der Waals surface area contributed by atoms with Crippen molar-refractivity contribution in [1.82, 2.24) is 10.2 Å². The minimum absolute atomic E-state index is 0.0948. The number of nitrogens with zero attached hydrogens (tertiary/aromatic N) is 1. The second-order valence-corrected chi connectivity index (χ2v) is 7.37. The van der Waals surface area contributed by atoms with E-state index in [1.165, 1.54) is 6.92 Å². The molecule has 3 rings (SSSR count). The molecule has 0 aromatic heterocycles. The molecule has 8 nitrogen and oxygen atoms in total. The molecule has 0 spiro atoms. The van der Waals surface area contributed by atoms with Gasteiger partial charge in [-0.3, -0.25) is 19.3 Å². The molecule has 2 aliphatic rings. The maximum Gasteiger partial charge on any atom is 0.327 e. The van der Waals surface area contributed by atoms with E-state index in [0.29, 0.717) is 10.7 Å². The maximum absolute atomic E-state index is 12.5. The van der Waals surface area contributed by atoms with E-state index < -0.39 is 42.0 Å². The fraction of sp³-hybridized carbons (Fsp3) is 0.444. The molecule has 0 bridgehead atoms. The van der Waals surface area contributed by atoms with Crippen LogP contribution in [0.4, 0.5) is 10.5 Å². The SMILES string of the molecule is C[C@@H](OC(=O)CN1C(=O)N[C@@](C)(C2CC2)C1=O)C(=O)Nc1cccc(Cl)c1. The quantitative estimate of drug-likeness (QED) is 0.567. The summed E-state index contributed by atoms with van der Waals surface area (Å²) < 4.78 is 5.06. The highest BCUT2D eigenvalue weighted by molar-refractivity contribution is 6.30. The highest BCUT2D eigenvalue weighted by Crippen LogP contribution is 2.42. The molecular formula is C18H20ClN3O5. The molecular weight excluding hydrogens is 374 g/mol. The summed E-state index contributed by atoms with van der Waals surface area (Å²) in [6, 6.07) is 5.91. The molecule has 9 heteroatoms. The number of carbonyl (C=O) groups is 4. The number of anilines is 1. The smallest absolute Gasteiger partial charge is 0.327 e. The number of ether oxygens (including phenoxy) is 1. The molecule has 2 atom stereocenters. The van der Waals surface area contributed by atoms with E-state index >= 15 is 0 Å². The van der Waals surface area contributed by atoms with Crippen molar-refractivity contribution in [2.45, 2.75) is 38.3 Å². The van der Waals surface area contributed by atoms with E-state index in [1.807, 2.05) is 0 Å². The average Bonchev–Trinajstić information content (AvgIpc) is 3.41. The van der Waals surface area contributed by atoms with Crippen LogP contribution in [0, 0.1) is 5.92 Å². The van der Waals surface area contributed by atoms with Gasteiger partial charge in [-0.1, -0.05) is 17.7 Å². The lowest BCUT2D eigenvalue weighted by molar-refractivity contribution is -0.155. The monoisotopic (exact) mass is 393 g/mol. The Morgan fingerprint density at radius 3 is 2.74 bits per heavy atom. The van der Waals surface area contributed by atoms with E-state index in [9.17, 15) is 19.2 Å². The van der Waals surface area contributed by atoms with E-state index in [0.717, 1.165) is 17.7 Å². The number of hydrogen-bond donors (Lipinski definition) is 2. The third-order valence-corrected chi connectivity index (χ3v) is 4.99. The van der Waals surface area contributed by atoms with Gasteiger partial charge in [0.15, 0.2) is 6.10 Å². The summed E-state index contributed by atoms with van der Waals surface area (Å²) in [7, 11) is 0. The Balaban J connectivity index is 1.54. The predicted molar refractivity (Wildman–Crippen MR) is 97.0 cm³/mol. The van der Waals surface area contributed by atoms with Crippen LogP contribution >= 0.6 is 11.6 Å². The fourth-order valence-corrected chi connectivity index (χ4v) is 3.21. The van der Waals surface area contributed by atoms with Crippen molar-refractivity contribution in [3.05, 3.63) is 29.3 Å². The molecule has 2 N–H and O–H groups in total. The summed E-state index contributed by atoms with van der Waals surface area (Å²) in [5.74, 6) is -1.74. The van der Waals surface area contributed by atoms with Gasteiger partial charge in [-0.2, -0.15) is 0 Å². The molecule has 1 aliphatic heterocycles. The zero-order chi connectivity index (χ0) is 19.8. The average molecular weight is 394 g/mol. The van der Waals surface area contributed by atoms with Gasteiger partial charge in [-0.15, -0.1) is 0 Å². The molecule has 0 radical (unpaired) electrons. The number of amides is 4. The molecule has 0 unspecified atom stereocenters. The number of esters is 1. The van der Waals surface area contributed by atoms with E-state index in [4.69, 9.17) is 16.3 Å². The van der Waals surface area contributed by atoms with Crippen LogP contribution in [0.1, 0.15) is 26.7 Å². The zero-order valence-electron chi connectivity index (χ0n) is 15.0. The zero-order valence-corrected chi connectivity index (χ0v) is 15.7. The van der Waals surface area contributed by atoms with Gasteiger partial charge in [0, 0.05) is 10.7 Å². The van der Waals surface area contributed by atoms with Gasteiger partial charge >= 0.3 is 12.0 Å². The van der Waals surface area contributed by atoms with Crippen LogP contribution in [0.5, 0.6) is 0 Å². The maximum atomic E-state index is 12.5. The lowest BCUT2D eigenvalue weighted by atomic mass is 9.96. The first-order valence-corrected chi connectivity index (χ1v) is 8.98. The largest absolute Gasteiger partial charge is 0.451 e. The normalized spacial score (nSPS) is 23.0. The van der Waals surface area contributed by atoms with Crippen LogP contribution < -0.4 is 10.6 Å². The van der Waals surface area contributed by atoms with Gasteiger partial charge in [0.2, 0.25) is 0 Å². The van der Waals surface area contributed by atoms with Crippen LogP contribution in [-0.4, -0.2) is 46.9 Å². The second kappa shape index (κ2) is 7.19. The second-order valence-electron chi connectivity index (χ2n) is 6.93. The molecule has 144 valence electrons. The van der Waals surface area contributed by atoms with Crippen LogP contribution in [-0.2, 0) is 19.1 Å². The highest BCUT2D eigenvalue weighted by Gasteiger charge is 2.56. The first-order valence-electron chi connectivity index (χ1n) is 8.60. The lowest BCUT2D eigenvalue weighted by Crippen LogP contribution is -2.46. The Morgan fingerprint density at radius 2 is 2.11 bits per heavy atom. The minimum Gasteiger partial charge on any atom is -0.451 e. The van der Waals surface area contributed by atoms with Gasteiger partial charge in [0.25, 0.3) is 11.8 Å². The van der Waals surface area contributed by atoms with E-state index in [2.05, 4.69) is 10.6 Å². The number of halogens is 1. The molecule has 1 heterocycles. The third kappa shape index (κ3) is 4.05. The van der Waals surface area contributed by atoms with Crippen molar-refractivity contribution in [2.24, 2.45) is 5.92 Å². The van der Waals surface area contributed by atoms with E-state index in [-0.39, 0.29) is 5.92 Å². The standard InChI is InChI=1S/C18H20ClN3O5/c1-10(15(24)20-13-5-3-4-12(19)8-13)27-14(23)9-22-16(25)18(2,11-6-7-11)21-17(22)26/h3-5,8,10-11H,6-7,9H2,1-2H3,(H,20,24)(H,21,26)/t10-,18+/m1/s1. The molecule has 1 aliphatic carbocycles. The lowest BCUT2D eigenvalue weighted by Gasteiger charge is -2.21. The van der Waals surface area contributed by atoms with Crippen molar-refractivity contribution in [3.8, 4) is 0 Å². The molecule has 1 aromatic rings. The van der Waals surface area contributed by atoms with Gasteiger partial charge in [0.1, 0.15) is 12.1 Å². The fourth-order valence-electron chi connectivity index (χ4n) is 3.02. The Hall–Kier alpha value is -2.61. The molecule has 1 aromatic carbocycles. The van der Waals surface area contributed by atoms with Crippen LogP contribution in [0.25, 0.3) is 0 Å². The minimum atomic E-state index is -1.10. The van der Waals surface area contributed by atoms with Gasteiger partial charge in [0.05, 0.1) is 0 Å². The number of urea groups is 1. The number of benzene rings is 1. The van der Waals surface area contributed by atoms with Crippen molar-refractivity contribution in [1.29, 1.82) is 0 Å². The van der Waals surface area contributed by atoms with Gasteiger partial charge < -0.3 is 15.4 Å². The van der Waals surface area contributed by atoms with Gasteiger partial charge in [-0.05, 0) is 50.8 Å². The molecule has 1 saturated carbocycles. The first-order chi connectivity index (χ1) is 12.7. The summed E-state index contributed by atoms with van der Waals surface area (Å²) in [5, 5.41) is 5.68. The molecule has 4 amide bonds. The Bertz CT molecular complexity index is 810. The first kappa shape index (κ1) is 19.2. The molecule has 2 fully saturated rings. The molecule has 1 saturated heterocycles. The number of carbonyl (C=O) groups excluding carboxylic acids is 4. The highest BCUT2D eigenvalue weighted by atomic mass is 35.5. The van der Waals surface area contributed by atoms with Crippen LogP contribution in [0.2, 0.25) is 5.02 Å². The summed E-state index contributed by atoms with van der Waals surface area (Å²) in [6.45, 7) is 2.52. The van der Waals surface area contributed by atoms with Gasteiger partial charge in [-0.25, -0.2) is 4.79 Å². The predicted octanol–water partition coefficient (Wildman–Crippen LogP) is 1.93.